The third-order valence-electron chi connectivity index (χ3n) is 3.90. The van der Waals surface area contributed by atoms with E-state index in [1.165, 1.54) is 13.2 Å². The molecule has 0 amide bonds. The van der Waals surface area contributed by atoms with Crippen molar-refractivity contribution < 1.29 is 38.7 Å². The first-order valence-corrected chi connectivity index (χ1v) is 8.90. The second kappa shape index (κ2) is 12.7. The first-order valence-electron chi connectivity index (χ1n) is 8.90. The molecule has 0 fully saturated rings. The van der Waals surface area contributed by atoms with Crippen LogP contribution in [0.4, 0.5) is 0 Å². The topological polar surface area (TPSA) is 112 Å². The summed E-state index contributed by atoms with van der Waals surface area (Å²) in [7, 11) is 6.20. The second-order valence-electron chi connectivity index (χ2n) is 5.87. The molecular formula is C22H26O8. The quantitative estimate of drug-likeness (QED) is 0.595. The van der Waals surface area contributed by atoms with Crippen LogP contribution in [0.25, 0.3) is 6.08 Å². The molecule has 8 heteroatoms. The normalized spacial score (nSPS) is 10.0. The van der Waals surface area contributed by atoms with E-state index in [9.17, 15) is 9.59 Å². The van der Waals surface area contributed by atoms with E-state index < -0.39 is 11.9 Å². The molecule has 0 aliphatic carbocycles. The number of aryl methyl sites for hydroxylation is 1. The Morgan fingerprint density at radius 1 is 0.800 bits per heavy atom. The standard InChI is InChI=1S/C11H14O4.C11H12O4/c2*1-14-9-5-3-8(4-6-11(12)13)7-10(9)15-2/h3,5,7H,4,6H2,1-2H3,(H,12,13);3-7H,1-2H3,(H,12,13)/b;6-4+. The van der Waals surface area contributed by atoms with E-state index in [4.69, 9.17) is 29.2 Å². The Labute approximate surface area is 175 Å². The lowest BCUT2D eigenvalue weighted by atomic mass is 10.1. The summed E-state index contributed by atoms with van der Waals surface area (Å²) in [6, 6.07) is 10.6. The molecule has 2 rings (SSSR count). The number of hydrogen-bond donors (Lipinski definition) is 2. The lowest BCUT2D eigenvalue weighted by molar-refractivity contribution is -0.137. The van der Waals surface area contributed by atoms with Gasteiger partial charge in [-0.05, 0) is 47.9 Å². The van der Waals surface area contributed by atoms with Crippen LogP contribution in [0.3, 0.4) is 0 Å². The Balaban J connectivity index is 0.000000300. The van der Waals surface area contributed by atoms with Gasteiger partial charge >= 0.3 is 11.9 Å². The van der Waals surface area contributed by atoms with Crippen LogP contribution in [0.2, 0.25) is 0 Å². The van der Waals surface area contributed by atoms with Gasteiger partial charge in [-0.3, -0.25) is 4.79 Å². The predicted octanol–water partition coefficient (Wildman–Crippen LogP) is 3.52. The highest BCUT2D eigenvalue weighted by Gasteiger charge is 2.06. The van der Waals surface area contributed by atoms with E-state index in [1.54, 1.807) is 51.7 Å². The summed E-state index contributed by atoms with van der Waals surface area (Å²) < 4.78 is 20.3. The minimum absolute atomic E-state index is 0.121. The van der Waals surface area contributed by atoms with Crippen LogP contribution in [0.5, 0.6) is 23.0 Å². The summed E-state index contributed by atoms with van der Waals surface area (Å²) in [6.07, 6.45) is 3.18. The number of ether oxygens (including phenoxy) is 4. The lowest BCUT2D eigenvalue weighted by Gasteiger charge is -2.08. The Kier molecular flexibility index (Phi) is 10.3. The summed E-state index contributed by atoms with van der Waals surface area (Å²) in [6.45, 7) is 0. The van der Waals surface area contributed by atoms with Crippen molar-refractivity contribution >= 4 is 18.0 Å². The smallest absolute Gasteiger partial charge is 0.328 e. The van der Waals surface area contributed by atoms with E-state index in [2.05, 4.69) is 0 Å². The molecule has 0 heterocycles. The minimum Gasteiger partial charge on any atom is -0.493 e. The number of methoxy groups -OCH3 is 4. The molecule has 0 saturated heterocycles. The first kappa shape index (κ1) is 24.4. The molecule has 8 nitrogen and oxygen atoms in total. The highest BCUT2D eigenvalue weighted by atomic mass is 16.5. The van der Waals surface area contributed by atoms with Crippen molar-refractivity contribution in [2.45, 2.75) is 12.8 Å². The minimum atomic E-state index is -0.982. The van der Waals surface area contributed by atoms with E-state index in [0.29, 0.717) is 29.4 Å². The zero-order valence-corrected chi connectivity index (χ0v) is 17.4. The molecule has 0 atom stereocenters. The highest BCUT2D eigenvalue weighted by molar-refractivity contribution is 5.85. The van der Waals surface area contributed by atoms with Crippen LogP contribution < -0.4 is 18.9 Å². The molecule has 0 spiro atoms. The number of aliphatic carboxylic acids is 2. The van der Waals surface area contributed by atoms with Gasteiger partial charge in [0.1, 0.15) is 0 Å². The number of carboxylic acids is 2. The van der Waals surface area contributed by atoms with Gasteiger partial charge in [-0.15, -0.1) is 0 Å². The van der Waals surface area contributed by atoms with Crippen LogP contribution in [0, 0.1) is 0 Å². The Morgan fingerprint density at radius 2 is 1.33 bits per heavy atom. The van der Waals surface area contributed by atoms with E-state index in [1.807, 2.05) is 6.07 Å². The van der Waals surface area contributed by atoms with Crippen LogP contribution >= 0.6 is 0 Å². The highest BCUT2D eigenvalue weighted by Crippen LogP contribution is 2.28. The van der Waals surface area contributed by atoms with Crippen molar-refractivity contribution in [3.63, 3.8) is 0 Å². The van der Waals surface area contributed by atoms with Crippen molar-refractivity contribution in [2.75, 3.05) is 28.4 Å². The second-order valence-corrected chi connectivity index (χ2v) is 5.87. The van der Waals surface area contributed by atoms with Crippen molar-refractivity contribution in [2.24, 2.45) is 0 Å². The molecule has 0 aromatic heterocycles. The van der Waals surface area contributed by atoms with Gasteiger partial charge in [-0.25, -0.2) is 4.79 Å². The van der Waals surface area contributed by atoms with Crippen molar-refractivity contribution in [3.05, 3.63) is 53.6 Å². The van der Waals surface area contributed by atoms with Gasteiger partial charge in [-0.1, -0.05) is 12.1 Å². The number of rotatable bonds is 9. The molecule has 0 aliphatic heterocycles. The van der Waals surface area contributed by atoms with Crippen LogP contribution in [0.15, 0.2) is 42.5 Å². The number of carboxylic acid groups (broad SMARTS) is 2. The average Bonchev–Trinajstić information content (AvgIpc) is 2.76. The van der Waals surface area contributed by atoms with E-state index >= 15 is 0 Å². The summed E-state index contributed by atoms with van der Waals surface area (Å²) in [5.41, 5.74) is 1.67. The maximum absolute atomic E-state index is 10.4. The molecule has 0 aliphatic rings. The van der Waals surface area contributed by atoms with Gasteiger partial charge < -0.3 is 29.2 Å². The van der Waals surface area contributed by atoms with Gasteiger partial charge in [0.2, 0.25) is 0 Å². The maximum Gasteiger partial charge on any atom is 0.328 e. The first-order chi connectivity index (χ1) is 14.3. The fraction of sp³-hybridized carbons (Fsp3) is 0.273. The van der Waals surface area contributed by atoms with Crippen molar-refractivity contribution in [3.8, 4) is 23.0 Å². The van der Waals surface area contributed by atoms with Gasteiger partial charge in [0, 0.05) is 12.5 Å². The lowest BCUT2D eigenvalue weighted by Crippen LogP contribution is -1.98. The average molecular weight is 418 g/mol. The van der Waals surface area contributed by atoms with Gasteiger partial charge in [-0.2, -0.15) is 0 Å². The Bertz CT molecular complexity index is 873. The fourth-order valence-electron chi connectivity index (χ4n) is 2.41. The summed E-state index contributed by atoms with van der Waals surface area (Å²) in [5.74, 6) is 0.682. The molecular weight excluding hydrogens is 392 g/mol. The maximum atomic E-state index is 10.4. The molecule has 0 bridgehead atoms. The molecule has 2 aromatic rings. The van der Waals surface area contributed by atoms with Gasteiger partial charge in [0.25, 0.3) is 0 Å². The fourth-order valence-corrected chi connectivity index (χ4v) is 2.41. The van der Waals surface area contributed by atoms with Crippen LogP contribution in [-0.4, -0.2) is 50.6 Å². The third-order valence-corrected chi connectivity index (χ3v) is 3.90. The van der Waals surface area contributed by atoms with E-state index in [-0.39, 0.29) is 6.42 Å². The number of hydrogen-bond acceptors (Lipinski definition) is 6. The molecule has 2 N–H and O–H groups in total. The zero-order valence-electron chi connectivity index (χ0n) is 17.4. The van der Waals surface area contributed by atoms with Crippen LogP contribution in [0.1, 0.15) is 17.5 Å². The monoisotopic (exact) mass is 418 g/mol. The summed E-state index contributed by atoms with van der Waals surface area (Å²) in [4.78, 5) is 20.7. The van der Waals surface area contributed by atoms with Crippen LogP contribution in [-0.2, 0) is 16.0 Å². The SMILES string of the molecule is COc1ccc(/C=C/C(=O)O)cc1OC.COc1ccc(CCC(=O)O)cc1OC. The Hall–Kier alpha value is -3.68. The molecule has 2 aromatic carbocycles. The molecule has 162 valence electrons. The zero-order chi connectivity index (χ0) is 22.5. The third kappa shape index (κ3) is 8.14. The predicted molar refractivity (Wildman–Crippen MR) is 112 cm³/mol. The Morgan fingerprint density at radius 3 is 1.83 bits per heavy atom. The van der Waals surface area contributed by atoms with Crippen molar-refractivity contribution in [1.29, 1.82) is 0 Å². The van der Waals surface area contributed by atoms with Gasteiger partial charge in [0.05, 0.1) is 28.4 Å². The van der Waals surface area contributed by atoms with E-state index in [0.717, 1.165) is 17.2 Å². The molecule has 0 saturated carbocycles. The molecule has 30 heavy (non-hydrogen) atoms. The van der Waals surface area contributed by atoms with Crippen molar-refractivity contribution in [1.82, 2.24) is 0 Å². The molecule has 0 unspecified atom stereocenters. The summed E-state index contributed by atoms with van der Waals surface area (Å²) in [5, 5.41) is 17.0. The number of benzene rings is 2. The molecule has 0 radical (unpaired) electrons. The summed E-state index contributed by atoms with van der Waals surface area (Å²) >= 11 is 0. The number of carbonyl (C=O) groups is 2. The van der Waals surface area contributed by atoms with Gasteiger partial charge in [0.15, 0.2) is 23.0 Å². The largest absolute Gasteiger partial charge is 0.493 e.